The smallest absolute Gasteiger partial charge is 0.0668 e. The van der Waals surface area contributed by atoms with Crippen molar-refractivity contribution in [3.8, 4) is 0 Å². The maximum absolute atomic E-state index is 5.99. The Balaban J connectivity index is 2.31. The Morgan fingerprint density at radius 2 is 1.92 bits per heavy atom. The molecule has 1 fully saturated rings. The first-order valence-electron chi connectivity index (χ1n) is 5.08. The molecule has 72 valence electrons. The van der Waals surface area contributed by atoms with Gasteiger partial charge < -0.3 is 4.74 Å². The van der Waals surface area contributed by atoms with Crippen LogP contribution in [0.3, 0.4) is 0 Å². The number of hydrogen-bond donors (Lipinski definition) is 0. The Hall–Kier alpha value is 0.690. The van der Waals surface area contributed by atoms with Gasteiger partial charge in [0.05, 0.1) is 12.2 Å². The van der Waals surface area contributed by atoms with Crippen molar-refractivity contribution < 1.29 is 4.74 Å². The highest BCUT2D eigenvalue weighted by Gasteiger charge is 2.18. The van der Waals surface area contributed by atoms with Crippen molar-refractivity contribution in [1.82, 2.24) is 0 Å². The van der Waals surface area contributed by atoms with Gasteiger partial charge in [-0.1, -0.05) is 48.8 Å². The van der Waals surface area contributed by atoms with E-state index < -0.39 is 0 Å². The van der Waals surface area contributed by atoms with Crippen molar-refractivity contribution in [3.05, 3.63) is 0 Å². The SMILES string of the molecule is CCC[C@@H]1CCCC[C@H](CI)O1. The van der Waals surface area contributed by atoms with Crippen molar-refractivity contribution >= 4 is 22.6 Å². The summed E-state index contributed by atoms with van der Waals surface area (Å²) in [7, 11) is 0. The summed E-state index contributed by atoms with van der Waals surface area (Å²) >= 11 is 2.44. The van der Waals surface area contributed by atoms with Crippen LogP contribution in [-0.4, -0.2) is 16.6 Å². The van der Waals surface area contributed by atoms with Gasteiger partial charge in [0.25, 0.3) is 0 Å². The van der Waals surface area contributed by atoms with Crippen molar-refractivity contribution in [3.63, 3.8) is 0 Å². The predicted molar refractivity (Wildman–Crippen MR) is 60.9 cm³/mol. The third kappa shape index (κ3) is 3.60. The zero-order chi connectivity index (χ0) is 8.81. The van der Waals surface area contributed by atoms with Gasteiger partial charge in [-0.2, -0.15) is 0 Å². The van der Waals surface area contributed by atoms with Crippen LogP contribution in [0.2, 0.25) is 0 Å². The van der Waals surface area contributed by atoms with Crippen LogP contribution in [0.1, 0.15) is 45.4 Å². The maximum Gasteiger partial charge on any atom is 0.0668 e. The fourth-order valence-electron chi connectivity index (χ4n) is 1.80. The average molecular weight is 282 g/mol. The normalized spacial score (nSPS) is 31.5. The average Bonchev–Trinajstić information content (AvgIpc) is 2.30. The first-order valence-corrected chi connectivity index (χ1v) is 6.60. The van der Waals surface area contributed by atoms with Crippen molar-refractivity contribution in [2.24, 2.45) is 0 Å². The van der Waals surface area contributed by atoms with Crippen LogP contribution in [0.5, 0.6) is 0 Å². The summed E-state index contributed by atoms with van der Waals surface area (Å²) in [5.41, 5.74) is 0. The van der Waals surface area contributed by atoms with E-state index in [1.54, 1.807) is 0 Å². The minimum atomic E-state index is 0.546. The molecule has 0 aromatic rings. The second-order valence-corrected chi connectivity index (χ2v) is 4.49. The lowest BCUT2D eigenvalue weighted by molar-refractivity contribution is 0.00155. The second-order valence-electron chi connectivity index (χ2n) is 3.61. The van der Waals surface area contributed by atoms with Gasteiger partial charge in [0.15, 0.2) is 0 Å². The first-order chi connectivity index (χ1) is 5.86. The molecule has 0 N–H and O–H groups in total. The minimum absolute atomic E-state index is 0.546. The van der Waals surface area contributed by atoms with Crippen LogP contribution in [-0.2, 0) is 4.74 Å². The van der Waals surface area contributed by atoms with Crippen LogP contribution in [0.15, 0.2) is 0 Å². The number of ether oxygens (including phenoxy) is 1. The molecular formula is C10H19IO. The zero-order valence-electron chi connectivity index (χ0n) is 7.89. The van der Waals surface area contributed by atoms with Crippen molar-refractivity contribution in [1.29, 1.82) is 0 Å². The van der Waals surface area contributed by atoms with Crippen LogP contribution in [0.4, 0.5) is 0 Å². The summed E-state index contributed by atoms with van der Waals surface area (Å²) in [6, 6.07) is 0. The largest absolute Gasteiger partial charge is 0.374 e. The fourth-order valence-corrected chi connectivity index (χ4v) is 2.45. The summed E-state index contributed by atoms with van der Waals surface area (Å²) in [4.78, 5) is 0. The summed E-state index contributed by atoms with van der Waals surface area (Å²) in [6.45, 7) is 2.24. The minimum Gasteiger partial charge on any atom is -0.374 e. The molecule has 0 saturated carbocycles. The van der Waals surface area contributed by atoms with Gasteiger partial charge in [-0.25, -0.2) is 0 Å². The van der Waals surface area contributed by atoms with Gasteiger partial charge >= 0.3 is 0 Å². The highest BCUT2D eigenvalue weighted by molar-refractivity contribution is 14.1. The number of rotatable bonds is 3. The predicted octanol–water partition coefficient (Wildman–Crippen LogP) is 3.55. The Morgan fingerprint density at radius 3 is 2.50 bits per heavy atom. The topological polar surface area (TPSA) is 9.23 Å². The Kier molecular flexibility index (Phi) is 5.56. The molecule has 1 saturated heterocycles. The monoisotopic (exact) mass is 282 g/mol. The van der Waals surface area contributed by atoms with Gasteiger partial charge in [0, 0.05) is 4.43 Å². The van der Waals surface area contributed by atoms with E-state index >= 15 is 0 Å². The van der Waals surface area contributed by atoms with E-state index in [1.807, 2.05) is 0 Å². The summed E-state index contributed by atoms with van der Waals surface area (Å²) in [5.74, 6) is 0. The Morgan fingerprint density at radius 1 is 1.25 bits per heavy atom. The Bertz CT molecular complexity index is 116. The van der Waals surface area contributed by atoms with Gasteiger partial charge in [-0.05, 0) is 19.3 Å². The highest BCUT2D eigenvalue weighted by atomic mass is 127. The standard InChI is InChI=1S/C10H19IO/c1-2-5-9-6-3-4-7-10(8-11)12-9/h9-10H,2-8H2,1H3/t9-,10-/m1/s1. The molecule has 1 nitrogen and oxygen atoms in total. The van der Waals surface area contributed by atoms with Crippen LogP contribution in [0.25, 0.3) is 0 Å². The second kappa shape index (κ2) is 6.19. The van der Waals surface area contributed by atoms with E-state index in [0.717, 1.165) is 4.43 Å². The number of halogens is 1. The molecule has 2 heteroatoms. The lowest BCUT2D eigenvalue weighted by Gasteiger charge is -2.19. The van der Waals surface area contributed by atoms with E-state index in [2.05, 4.69) is 29.5 Å². The van der Waals surface area contributed by atoms with E-state index in [9.17, 15) is 0 Å². The summed E-state index contributed by atoms with van der Waals surface area (Å²) < 4.78 is 7.16. The third-order valence-electron chi connectivity index (χ3n) is 2.47. The molecular weight excluding hydrogens is 263 g/mol. The molecule has 0 aliphatic carbocycles. The quantitative estimate of drug-likeness (QED) is 0.568. The van der Waals surface area contributed by atoms with Gasteiger partial charge in [-0.15, -0.1) is 0 Å². The summed E-state index contributed by atoms with van der Waals surface area (Å²) in [5, 5.41) is 0. The molecule has 2 atom stereocenters. The molecule has 0 spiro atoms. The highest BCUT2D eigenvalue weighted by Crippen LogP contribution is 2.22. The maximum atomic E-state index is 5.99. The number of alkyl halides is 1. The molecule has 0 aromatic carbocycles. The van der Waals surface area contributed by atoms with E-state index in [4.69, 9.17) is 4.74 Å². The number of hydrogen-bond acceptors (Lipinski definition) is 1. The Labute approximate surface area is 89.4 Å². The van der Waals surface area contributed by atoms with Crippen molar-refractivity contribution in [2.75, 3.05) is 4.43 Å². The molecule has 0 aromatic heterocycles. The lowest BCUT2D eigenvalue weighted by Crippen LogP contribution is -2.20. The molecule has 1 aliphatic heterocycles. The molecule has 0 unspecified atom stereocenters. The molecule has 0 bridgehead atoms. The van der Waals surface area contributed by atoms with Crippen LogP contribution in [0, 0.1) is 0 Å². The van der Waals surface area contributed by atoms with Gasteiger partial charge in [0.2, 0.25) is 0 Å². The first kappa shape index (κ1) is 10.8. The van der Waals surface area contributed by atoms with Crippen LogP contribution < -0.4 is 0 Å². The van der Waals surface area contributed by atoms with Crippen LogP contribution >= 0.6 is 22.6 Å². The fraction of sp³-hybridized carbons (Fsp3) is 1.00. The molecule has 0 amide bonds. The van der Waals surface area contributed by atoms with Gasteiger partial charge in [0.1, 0.15) is 0 Å². The lowest BCUT2D eigenvalue weighted by atomic mass is 10.1. The zero-order valence-corrected chi connectivity index (χ0v) is 10.0. The van der Waals surface area contributed by atoms with E-state index in [-0.39, 0.29) is 0 Å². The van der Waals surface area contributed by atoms with Gasteiger partial charge in [-0.3, -0.25) is 0 Å². The molecule has 1 rings (SSSR count). The molecule has 1 aliphatic rings. The summed E-state index contributed by atoms with van der Waals surface area (Å²) in [6.07, 6.45) is 8.95. The molecule has 12 heavy (non-hydrogen) atoms. The molecule has 1 heterocycles. The van der Waals surface area contributed by atoms with E-state index in [1.165, 1.54) is 38.5 Å². The van der Waals surface area contributed by atoms with Crippen molar-refractivity contribution in [2.45, 2.75) is 57.7 Å². The molecule has 0 radical (unpaired) electrons. The van der Waals surface area contributed by atoms with E-state index in [0.29, 0.717) is 12.2 Å². The third-order valence-corrected chi connectivity index (χ3v) is 3.45.